The average Bonchev–Trinajstić information content (AvgIpc) is 3.21. The fraction of sp³-hybridized carbons (Fsp3) is 0.217. The van der Waals surface area contributed by atoms with Crippen molar-refractivity contribution in [3.8, 4) is 5.75 Å². The SMILES string of the molecule is Cc1cc(OC2CCN(C(=O)c3cccc(NS(=O)(=O)c4cccc(F)c4)c3)C2)cc(=O)o1. The fourth-order valence-electron chi connectivity index (χ4n) is 3.59. The third-order valence-corrected chi connectivity index (χ3v) is 6.45. The van der Waals surface area contributed by atoms with Gasteiger partial charge < -0.3 is 14.1 Å². The highest BCUT2D eigenvalue weighted by Gasteiger charge is 2.29. The van der Waals surface area contributed by atoms with E-state index in [1.807, 2.05) is 0 Å². The van der Waals surface area contributed by atoms with E-state index >= 15 is 0 Å². The molecule has 4 rings (SSSR count). The number of carbonyl (C=O) groups is 1. The summed E-state index contributed by atoms with van der Waals surface area (Å²) >= 11 is 0. The smallest absolute Gasteiger partial charge is 0.339 e. The number of sulfonamides is 1. The minimum Gasteiger partial charge on any atom is -0.488 e. The van der Waals surface area contributed by atoms with Crippen molar-refractivity contribution in [1.82, 2.24) is 4.90 Å². The van der Waals surface area contributed by atoms with Gasteiger partial charge >= 0.3 is 5.63 Å². The van der Waals surface area contributed by atoms with E-state index in [1.54, 1.807) is 30.0 Å². The summed E-state index contributed by atoms with van der Waals surface area (Å²) in [4.78, 5) is 25.8. The van der Waals surface area contributed by atoms with E-state index < -0.39 is 21.5 Å². The number of nitrogens with zero attached hydrogens (tertiary/aromatic N) is 1. The Balaban J connectivity index is 1.44. The Morgan fingerprint density at radius 2 is 1.94 bits per heavy atom. The predicted octanol–water partition coefficient (Wildman–Crippen LogP) is 3.18. The van der Waals surface area contributed by atoms with Crippen LogP contribution in [0.4, 0.5) is 10.1 Å². The molecule has 0 radical (unpaired) electrons. The Labute approximate surface area is 189 Å². The Kier molecular flexibility index (Phi) is 6.19. The molecule has 33 heavy (non-hydrogen) atoms. The molecule has 1 atom stereocenters. The average molecular weight is 472 g/mol. The number of rotatable bonds is 6. The number of aryl methyl sites for hydroxylation is 1. The summed E-state index contributed by atoms with van der Waals surface area (Å²) in [6.07, 6.45) is 0.293. The fourth-order valence-corrected chi connectivity index (χ4v) is 4.67. The number of carbonyl (C=O) groups excluding carboxylic acids is 1. The van der Waals surface area contributed by atoms with Gasteiger partial charge in [-0.05, 0) is 43.3 Å². The van der Waals surface area contributed by atoms with Crippen LogP contribution in [0.25, 0.3) is 0 Å². The van der Waals surface area contributed by atoms with Gasteiger partial charge in [0.2, 0.25) is 0 Å². The van der Waals surface area contributed by atoms with E-state index in [2.05, 4.69) is 4.72 Å². The molecule has 2 aromatic carbocycles. The van der Waals surface area contributed by atoms with Gasteiger partial charge in [0.15, 0.2) is 0 Å². The molecule has 3 aromatic rings. The minimum atomic E-state index is -4.02. The molecule has 0 bridgehead atoms. The van der Waals surface area contributed by atoms with Gasteiger partial charge in [-0.3, -0.25) is 9.52 Å². The molecule has 1 saturated heterocycles. The largest absolute Gasteiger partial charge is 0.488 e. The van der Waals surface area contributed by atoms with Gasteiger partial charge in [0, 0.05) is 30.3 Å². The molecule has 1 amide bonds. The van der Waals surface area contributed by atoms with Crippen molar-refractivity contribution in [2.75, 3.05) is 17.8 Å². The zero-order valence-corrected chi connectivity index (χ0v) is 18.5. The van der Waals surface area contributed by atoms with Gasteiger partial charge in [0.1, 0.15) is 23.4 Å². The van der Waals surface area contributed by atoms with Crippen molar-refractivity contribution in [1.29, 1.82) is 0 Å². The van der Waals surface area contributed by atoms with Crippen LogP contribution in [0.5, 0.6) is 5.75 Å². The number of hydrogen-bond acceptors (Lipinski definition) is 6. The Morgan fingerprint density at radius 3 is 2.70 bits per heavy atom. The first-order chi connectivity index (χ1) is 15.7. The predicted molar refractivity (Wildman–Crippen MR) is 118 cm³/mol. The van der Waals surface area contributed by atoms with Gasteiger partial charge in [-0.25, -0.2) is 17.6 Å². The summed E-state index contributed by atoms with van der Waals surface area (Å²) in [5.74, 6) is -0.131. The first-order valence-corrected chi connectivity index (χ1v) is 11.6. The maximum absolute atomic E-state index is 13.4. The Hall–Kier alpha value is -3.66. The van der Waals surface area contributed by atoms with Gasteiger partial charge in [-0.2, -0.15) is 0 Å². The quantitative estimate of drug-likeness (QED) is 0.591. The van der Waals surface area contributed by atoms with Gasteiger partial charge in [0.05, 0.1) is 17.5 Å². The summed E-state index contributed by atoms with van der Waals surface area (Å²) in [6, 6.07) is 13.6. The first kappa shape index (κ1) is 22.5. The van der Waals surface area contributed by atoms with Crippen molar-refractivity contribution in [2.45, 2.75) is 24.3 Å². The lowest BCUT2D eigenvalue weighted by atomic mass is 10.2. The van der Waals surface area contributed by atoms with Crippen LogP contribution >= 0.6 is 0 Å². The lowest BCUT2D eigenvalue weighted by Gasteiger charge is -2.18. The second-order valence-electron chi connectivity index (χ2n) is 7.65. The molecule has 2 heterocycles. The first-order valence-electron chi connectivity index (χ1n) is 10.2. The van der Waals surface area contributed by atoms with Gasteiger partial charge in [0.25, 0.3) is 15.9 Å². The van der Waals surface area contributed by atoms with Gasteiger partial charge in [-0.1, -0.05) is 12.1 Å². The number of anilines is 1. The molecule has 1 aromatic heterocycles. The van der Waals surface area contributed by atoms with E-state index in [4.69, 9.17) is 9.15 Å². The summed E-state index contributed by atoms with van der Waals surface area (Å²) < 4.78 is 51.6. The number of ether oxygens (including phenoxy) is 1. The number of amides is 1. The van der Waals surface area contributed by atoms with Crippen molar-refractivity contribution < 1.29 is 26.8 Å². The molecule has 1 aliphatic heterocycles. The molecule has 0 spiro atoms. The Bertz CT molecular complexity index is 1350. The number of halogens is 1. The minimum absolute atomic E-state index is 0.184. The maximum atomic E-state index is 13.4. The van der Waals surface area contributed by atoms with E-state index in [0.29, 0.717) is 36.6 Å². The molecule has 10 heteroatoms. The third kappa shape index (κ3) is 5.40. The van der Waals surface area contributed by atoms with Crippen LogP contribution in [0.3, 0.4) is 0 Å². The van der Waals surface area contributed by atoms with Crippen molar-refractivity contribution >= 4 is 21.6 Å². The molecule has 1 fully saturated rings. The zero-order valence-electron chi connectivity index (χ0n) is 17.7. The highest BCUT2D eigenvalue weighted by Crippen LogP contribution is 2.22. The second-order valence-corrected chi connectivity index (χ2v) is 9.33. The van der Waals surface area contributed by atoms with Crippen molar-refractivity contribution in [3.05, 3.63) is 88.2 Å². The normalized spacial score (nSPS) is 15.9. The third-order valence-electron chi connectivity index (χ3n) is 5.07. The molecular weight excluding hydrogens is 451 g/mol. The maximum Gasteiger partial charge on any atom is 0.339 e. The van der Waals surface area contributed by atoms with E-state index in [9.17, 15) is 22.4 Å². The molecule has 1 unspecified atom stereocenters. The molecule has 1 N–H and O–H groups in total. The van der Waals surface area contributed by atoms with Crippen LogP contribution in [-0.4, -0.2) is 38.4 Å². The van der Waals surface area contributed by atoms with Gasteiger partial charge in [-0.15, -0.1) is 0 Å². The lowest BCUT2D eigenvalue weighted by molar-refractivity contribution is 0.0772. The highest BCUT2D eigenvalue weighted by molar-refractivity contribution is 7.92. The standard InChI is InChI=1S/C23H21FN2O6S/c1-15-10-20(13-22(27)31-15)32-19-8-9-26(14-19)23(28)16-4-2-6-18(11-16)25-33(29,30)21-7-3-5-17(24)12-21/h2-7,10-13,19,25H,8-9,14H2,1H3. The summed E-state index contributed by atoms with van der Waals surface area (Å²) in [5.41, 5.74) is -0.0247. The highest BCUT2D eigenvalue weighted by atomic mass is 32.2. The molecule has 0 aliphatic carbocycles. The summed E-state index contributed by atoms with van der Waals surface area (Å²) in [5, 5.41) is 0. The topological polar surface area (TPSA) is 106 Å². The van der Waals surface area contributed by atoms with Crippen LogP contribution in [-0.2, 0) is 10.0 Å². The number of hydrogen-bond donors (Lipinski definition) is 1. The molecule has 0 saturated carbocycles. The van der Waals surface area contributed by atoms with Crippen LogP contribution in [0.15, 0.2) is 74.8 Å². The molecule has 1 aliphatic rings. The van der Waals surface area contributed by atoms with E-state index in [1.165, 1.54) is 30.3 Å². The van der Waals surface area contributed by atoms with Crippen LogP contribution in [0, 0.1) is 12.7 Å². The number of likely N-dealkylation sites (tertiary alicyclic amines) is 1. The lowest BCUT2D eigenvalue weighted by Crippen LogP contribution is -2.31. The van der Waals surface area contributed by atoms with Crippen LogP contribution in [0.2, 0.25) is 0 Å². The zero-order chi connectivity index (χ0) is 23.6. The van der Waals surface area contributed by atoms with Crippen molar-refractivity contribution in [2.24, 2.45) is 0 Å². The summed E-state index contributed by atoms with van der Waals surface area (Å²) in [6.45, 7) is 2.41. The molecule has 172 valence electrons. The second kappa shape index (κ2) is 9.07. The summed E-state index contributed by atoms with van der Waals surface area (Å²) in [7, 11) is -4.02. The molecular formula is C23H21FN2O6S. The van der Waals surface area contributed by atoms with Crippen LogP contribution < -0.4 is 15.1 Å². The number of nitrogens with one attached hydrogen (secondary N) is 1. The van der Waals surface area contributed by atoms with E-state index in [0.717, 1.165) is 12.1 Å². The van der Waals surface area contributed by atoms with Crippen LogP contribution in [0.1, 0.15) is 22.5 Å². The van der Waals surface area contributed by atoms with Crippen molar-refractivity contribution in [3.63, 3.8) is 0 Å². The molecule has 8 nitrogen and oxygen atoms in total. The van der Waals surface area contributed by atoms with E-state index in [-0.39, 0.29) is 22.6 Å². The monoisotopic (exact) mass is 472 g/mol. The number of benzene rings is 2. The Morgan fingerprint density at radius 1 is 1.15 bits per heavy atom.